The van der Waals surface area contributed by atoms with E-state index in [-0.39, 0.29) is 18.4 Å². The van der Waals surface area contributed by atoms with Gasteiger partial charge in [0, 0.05) is 29.7 Å². The zero-order chi connectivity index (χ0) is 25.8. The number of likely N-dealkylation sites (N-methyl/N-ethyl adjacent to an activating group) is 1. The highest BCUT2D eigenvalue weighted by Crippen LogP contribution is 2.35. The molecule has 0 saturated carbocycles. The second-order valence-corrected chi connectivity index (χ2v) is 9.39. The number of thioether (sulfide) groups is 1. The van der Waals surface area contributed by atoms with Gasteiger partial charge in [-0.15, -0.1) is 0 Å². The predicted molar refractivity (Wildman–Crippen MR) is 146 cm³/mol. The average molecular weight is 515 g/mol. The second-order valence-electron chi connectivity index (χ2n) is 8.38. The number of furan rings is 1. The van der Waals surface area contributed by atoms with Gasteiger partial charge in [-0.25, -0.2) is 4.99 Å². The molecular weight excluding hydrogens is 488 g/mol. The third kappa shape index (κ3) is 5.46. The first-order valence-corrected chi connectivity index (χ1v) is 12.7. The number of ether oxygens (including phenoxy) is 1. The Bertz CT molecular complexity index is 1490. The lowest BCUT2D eigenvalue weighted by Gasteiger charge is -2.07. The summed E-state index contributed by atoms with van der Waals surface area (Å²) in [6.07, 6.45) is 5.35. The van der Waals surface area contributed by atoms with Crippen LogP contribution in [-0.4, -0.2) is 40.1 Å². The van der Waals surface area contributed by atoms with Crippen molar-refractivity contribution in [2.75, 3.05) is 13.7 Å². The van der Waals surface area contributed by atoms with E-state index in [1.807, 2.05) is 78.4 Å². The fraction of sp³-hybridized carbons (Fsp3) is 0.179. The molecule has 2 amide bonds. The lowest BCUT2D eigenvalue weighted by Crippen LogP contribution is -2.26. The van der Waals surface area contributed by atoms with Crippen molar-refractivity contribution in [1.82, 2.24) is 14.8 Å². The van der Waals surface area contributed by atoms with Gasteiger partial charge in [-0.1, -0.05) is 18.2 Å². The summed E-state index contributed by atoms with van der Waals surface area (Å²) in [6.45, 7) is 3.01. The Hall–Kier alpha value is -4.24. The second kappa shape index (κ2) is 10.8. The van der Waals surface area contributed by atoms with Crippen LogP contribution < -0.4 is 10.1 Å². The van der Waals surface area contributed by atoms with Crippen molar-refractivity contribution in [3.63, 3.8) is 0 Å². The number of hydrogen-bond donors (Lipinski definition) is 1. The summed E-state index contributed by atoms with van der Waals surface area (Å²) < 4.78 is 12.7. The minimum atomic E-state index is -0.132. The quantitative estimate of drug-likeness (QED) is 0.327. The molecule has 188 valence electrons. The van der Waals surface area contributed by atoms with E-state index < -0.39 is 0 Å². The standard InChI is InChI=1S/C28H26N4O4S/c1-3-35-21-12-10-20(11-13-21)30-28-31(2)27(34)25(37-28)15-19-17-32(24-9-5-4-8-23(19)24)18-26(33)29-16-22-7-6-14-36-22/h4-15,17H,3,16,18H2,1-2H3,(H,29,33)/b25-15-,30-28?. The number of benzene rings is 2. The van der Waals surface area contributed by atoms with Crippen molar-refractivity contribution in [2.24, 2.45) is 4.99 Å². The van der Waals surface area contributed by atoms with E-state index in [0.717, 1.165) is 27.9 Å². The number of aromatic nitrogens is 1. The molecule has 0 unspecified atom stereocenters. The summed E-state index contributed by atoms with van der Waals surface area (Å²) >= 11 is 1.33. The molecule has 1 N–H and O–H groups in total. The number of nitrogens with one attached hydrogen (secondary N) is 1. The number of fused-ring (bicyclic) bond motifs is 1. The van der Waals surface area contributed by atoms with Gasteiger partial charge in [0.15, 0.2) is 5.17 Å². The van der Waals surface area contributed by atoms with Crippen LogP contribution in [0, 0.1) is 0 Å². The number of aliphatic imine (C=N–C) groups is 1. The molecule has 0 atom stereocenters. The first kappa shape index (κ1) is 24.5. The highest BCUT2D eigenvalue weighted by Gasteiger charge is 2.30. The van der Waals surface area contributed by atoms with Gasteiger partial charge in [0.2, 0.25) is 5.91 Å². The van der Waals surface area contributed by atoms with E-state index in [1.165, 1.54) is 11.8 Å². The normalized spacial score (nSPS) is 15.7. The molecule has 3 heterocycles. The van der Waals surface area contributed by atoms with E-state index in [2.05, 4.69) is 10.3 Å². The SMILES string of the molecule is CCOc1ccc(N=C2S/C(=C\c3cn(CC(=O)NCc4ccco4)c4ccccc34)C(=O)N2C)cc1. The summed E-state index contributed by atoms with van der Waals surface area (Å²) in [5, 5.41) is 4.43. The number of carbonyl (C=O) groups is 2. The van der Waals surface area contributed by atoms with Crippen molar-refractivity contribution in [2.45, 2.75) is 20.0 Å². The number of amidine groups is 1. The average Bonchev–Trinajstić information content (AvgIpc) is 3.61. The van der Waals surface area contributed by atoms with Crippen LogP contribution in [0.2, 0.25) is 0 Å². The molecule has 1 aliphatic rings. The summed E-state index contributed by atoms with van der Waals surface area (Å²) in [5.41, 5.74) is 2.51. The van der Waals surface area contributed by atoms with Crippen LogP contribution in [0.15, 0.2) is 87.4 Å². The molecule has 2 aromatic carbocycles. The molecule has 0 radical (unpaired) electrons. The van der Waals surface area contributed by atoms with Gasteiger partial charge in [0.1, 0.15) is 18.1 Å². The van der Waals surface area contributed by atoms with Crippen molar-refractivity contribution < 1.29 is 18.7 Å². The van der Waals surface area contributed by atoms with Crippen LogP contribution in [-0.2, 0) is 22.7 Å². The maximum absolute atomic E-state index is 13.0. The fourth-order valence-corrected chi connectivity index (χ4v) is 5.00. The van der Waals surface area contributed by atoms with Crippen LogP contribution in [0.1, 0.15) is 18.2 Å². The van der Waals surface area contributed by atoms with E-state index >= 15 is 0 Å². The van der Waals surface area contributed by atoms with Crippen molar-refractivity contribution in [3.8, 4) is 5.75 Å². The molecule has 8 nitrogen and oxygen atoms in total. The highest BCUT2D eigenvalue weighted by atomic mass is 32.2. The maximum Gasteiger partial charge on any atom is 0.266 e. The first-order chi connectivity index (χ1) is 18.0. The Kier molecular flexibility index (Phi) is 7.14. The lowest BCUT2D eigenvalue weighted by atomic mass is 10.1. The summed E-state index contributed by atoms with van der Waals surface area (Å²) in [6, 6.07) is 18.9. The minimum Gasteiger partial charge on any atom is -0.494 e. The monoisotopic (exact) mass is 514 g/mol. The van der Waals surface area contributed by atoms with Gasteiger partial charge in [-0.3, -0.25) is 14.5 Å². The molecule has 0 aliphatic carbocycles. The van der Waals surface area contributed by atoms with E-state index in [9.17, 15) is 9.59 Å². The Labute approximate surface area is 218 Å². The van der Waals surface area contributed by atoms with Crippen molar-refractivity contribution >= 4 is 51.4 Å². The first-order valence-electron chi connectivity index (χ1n) is 11.9. The number of para-hydroxylation sites is 1. The zero-order valence-corrected chi connectivity index (χ0v) is 21.3. The smallest absolute Gasteiger partial charge is 0.266 e. The summed E-state index contributed by atoms with van der Waals surface area (Å²) in [5.74, 6) is 1.22. The molecule has 2 aromatic heterocycles. The molecule has 1 aliphatic heterocycles. The molecule has 0 spiro atoms. The van der Waals surface area contributed by atoms with Crippen molar-refractivity contribution in [1.29, 1.82) is 0 Å². The summed E-state index contributed by atoms with van der Waals surface area (Å²) in [7, 11) is 1.72. The van der Waals surface area contributed by atoms with Gasteiger partial charge in [0.05, 0.1) is 30.0 Å². The molecule has 0 bridgehead atoms. The number of hydrogen-bond acceptors (Lipinski definition) is 6. The van der Waals surface area contributed by atoms with Gasteiger partial charge in [0.25, 0.3) is 5.91 Å². The Morgan fingerprint density at radius 2 is 1.95 bits per heavy atom. The molecule has 1 saturated heterocycles. The highest BCUT2D eigenvalue weighted by molar-refractivity contribution is 8.18. The number of carbonyl (C=O) groups excluding carboxylic acids is 2. The van der Waals surface area contributed by atoms with Gasteiger partial charge in [-0.2, -0.15) is 0 Å². The van der Waals surface area contributed by atoms with Crippen molar-refractivity contribution in [3.05, 3.63) is 89.4 Å². The lowest BCUT2D eigenvalue weighted by molar-refractivity contribution is -0.122. The third-order valence-electron chi connectivity index (χ3n) is 5.84. The maximum atomic E-state index is 13.0. The molecule has 5 rings (SSSR count). The van der Waals surface area contributed by atoms with Crippen LogP contribution in [0.25, 0.3) is 17.0 Å². The Balaban J connectivity index is 1.37. The van der Waals surface area contributed by atoms with E-state index in [4.69, 9.17) is 9.15 Å². The van der Waals surface area contributed by atoms with Crippen LogP contribution >= 0.6 is 11.8 Å². The molecular formula is C28H26N4O4S. The predicted octanol–water partition coefficient (Wildman–Crippen LogP) is 5.18. The minimum absolute atomic E-state index is 0.122. The van der Waals surface area contributed by atoms with Gasteiger partial charge < -0.3 is 19.0 Å². The zero-order valence-electron chi connectivity index (χ0n) is 20.5. The van der Waals surface area contributed by atoms with Crippen LogP contribution in [0.4, 0.5) is 5.69 Å². The number of rotatable bonds is 8. The molecule has 37 heavy (non-hydrogen) atoms. The van der Waals surface area contributed by atoms with Crippen LogP contribution in [0.5, 0.6) is 5.75 Å². The molecule has 9 heteroatoms. The topological polar surface area (TPSA) is 89.1 Å². The largest absolute Gasteiger partial charge is 0.494 e. The van der Waals surface area contributed by atoms with Crippen LogP contribution in [0.3, 0.4) is 0 Å². The van der Waals surface area contributed by atoms with E-state index in [1.54, 1.807) is 24.3 Å². The third-order valence-corrected chi connectivity index (χ3v) is 6.90. The number of nitrogens with zero attached hydrogens (tertiary/aromatic N) is 3. The molecule has 1 fully saturated rings. The van der Waals surface area contributed by atoms with Gasteiger partial charge in [-0.05, 0) is 67.2 Å². The number of amides is 2. The Morgan fingerprint density at radius 3 is 2.70 bits per heavy atom. The fourth-order valence-electron chi connectivity index (χ4n) is 4.02. The van der Waals surface area contributed by atoms with E-state index in [0.29, 0.717) is 29.0 Å². The summed E-state index contributed by atoms with van der Waals surface area (Å²) in [4.78, 5) is 32.4. The molecule has 4 aromatic rings. The Morgan fingerprint density at radius 1 is 1.14 bits per heavy atom. The van der Waals surface area contributed by atoms with Gasteiger partial charge >= 0.3 is 0 Å².